The van der Waals surface area contributed by atoms with Gasteiger partial charge in [0.2, 0.25) is 0 Å². The Bertz CT molecular complexity index is 534. The first-order valence-corrected chi connectivity index (χ1v) is 7.93. The summed E-state index contributed by atoms with van der Waals surface area (Å²) in [7, 11) is 1.69. The van der Waals surface area contributed by atoms with E-state index in [0.717, 1.165) is 42.3 Å². The van der Waals surface area contributed by atoms with Crippen molar-refractivity contribution in [2.24, 2.45) is 0 Å². The van der Waals surface area contributed by atoms with Crippen LogP contribution in [0.5, 0.6) is 5.75 Å². The summed E-state index contributed by atoms with van der Waals surface area (Å²) in [5, 5.41) is 4.50. The van der Waals surface area contributed by atoms with Crippen molar-refractivity contribution in [3.8, 4) is 16.3 Å². The van der Waals surface area contributed by atoms with E-state index in [1.165, 1.54) is 10.6 Å². The highest BCUT2D eigenvalue weighted by atomic mass is 32.1. The van der Waals surface area contributed by atoms with Crippen LogP contribution < -0.4 is 10.1 Å². The number of ether oxygens (including phenoxy) is 1. The molecule has 1 aromatic heterocycles. The number of aryl methyl sites for hydroxylation is 1. The predicted molar refractivity (Wildman–Crippen MR) is 85.5 cm³/mol. The zero-order valence-electron chi connectivity index (χ0n) is 12.4. The maximum atomic E-state index is 5.20. The van der Waals surface area contributed by atoms with Gasteiger partial charge in [0.05, 0.1) is 12.8 Å². The molecule has 1 N–H and O–H groups in total. The van der Waals surface area contributed by atoms with Crippen molar-refractivity contribution in [1.82, 2.24) is 10.3 Å². The van der Waals surface area contributed by atoms with E-state index in [1.54, 1.807) is 18.4 Å². The molecule has 2 aromatic rings. The molecule has 4 heteroatoms. The van der Waals surface area contributed by atoms with Gasteiger partial charge < -0.3 is 10.1 Å². The lowest BCUT2D eigenvalue weighted by atomic mass is 10.2. The smallest absolute Gasteiger partial charge is 0.123 e. The van der Waals surface area contributed by atoms with Crippen LogP contribution in [0.2, 0.25) is 0 Å². The van der Waals surface area contributed by atoms with Crippen LogP contribution in [-0.4, -0.2) is 18.6 Å². The molecule has 0 atom stereocenters. The second-order valence-corrected chi connectivity index (χ2v) is 5.73. The summed E-state index contributed by atoms with van der Waals surface area (Å²) in [5.41, 5.74) is 2.40. The van der Waals surface area contributed by atoms with E-state index in [0.29, 0.717) is 0 Å². The summed E-state index contributed by atoms with van der Waals surface area (Å²) in [6.07, 6.45) is 2.18. The highest BCUT2D eigenvalue weighted by molar-refractivity contribution is 7.15. The molecule has 0 aliphatic heterocycles. The molecular weight excluding hydrogens is 268 g/mol. The molecule has 0 spiro atoms. The molecule has 0 aliphatic carbocycles. The zero-order chi connectivity index (χ0) is 14.4. The fraction of sp³-hybridized carbons (Fsp3) is 0.438. The largest absolute Gasteiger partial charge is 0.497 e. The monoisotopic (exact) mass is 290 g/mol. The van der Waals surface area contributed by atoms with Crippen molar-refractivity contribution in [2.45, 2.75) is 33.2 Å². The minimum absolute atomic E-state index is 0.881. The van der Waals surface area contributed by atoms with Crippen molar-refractivity contribution >= 4 is 11.3 Å². The van der Waals surface area contributed by atoms with Crippen LogP contribution in [0.3, 0.4) is 0 Å². The molecule has 0 aliphatic rings. The Morgan fingerprint density at radius 1 is 1.20 bits per heavy atom. The van der Waals surface area contributed by atoms with E-state index in [1.807, 2.05) is 12.1 Å². The van der Waals surface area contributed by atoms with Gasteiger partial charge in [-0.2, -0.15) is 0 Å². The predicted octanol–water partition coefficient (Wildman–Crippen LogP) is 3.88. The third-order valence-electron chi connectivity index (χ3n) is 3.14. The molecule has 0 saturated heterocycles. The van der Waals surface area contributed by atoms with Gasteiger partial charge in [-0.25, -0.2) is 4.98 Å². The number of nitrogens with one attached hydrogen (secondary N) is 1. The van der Waals surface area contributed by atoms with Crippen LogP contribution in [-0.2, 0) is 13.0 Å². The molecule has 2 rings (SSSR count). The number of hydrogen-bond acceptors (Lipinski definition) is 4. The normalized spacial score (nSPS) is 10.8. The standard InChI is InChI=1S/C16H22N2OS/c1-4-6-14-15(11-17-5-2)20-16(18-14)12-7-9-13(19-3)10-8-12/h7-10,17H,4-6,11H2,1-3H3. The molecule has 108 valence electrons. The first-order valence-electron chi connectivity index (χ1n) is 7.12. The van der Waals surface area contributed by atoms with E-state index in [9.17, 15) is 0 Å². The number of hydrogen-bond donors (Lipinski definition) is 1. The molecule has 0 saturated carbocycles. The van der Waals surface area contributed by atoms with E-state index in [-0.39, 0.29) is 0 Å². The summed E-state index contributed by atoms with van der Waals surface area (Å²) in [4.78, 5) is 6.18. The van der Waals surface area contributed by atoms with Crippen LogP contribution in [0.1, 0.15) is 30.8 Å². The summed E-state index contributed by atoms with van der Waals surface area (Å²) < 4.78 is 5.20. The van der Waals surface area contributed by atoms with Gasteiger partial charge in [-0.05, 0) is 37.2 Å². The topological polar surface area (TPSA) is 34.1 Å². The van der Waals surface area contributed by atoms with Crippen LogP contribution in [0.4, 0.5) is 0 Å². The minimum Gasteiger partial charge on any atom is -0.497 e. The highest BCUT2D eigenvalue weighted by Gasteiger charge is 2.11. The lowest BCUT2D eigenvalue weighted by molar-refractivity contribution is 0.415. The van der Waals surface area contributed by atoms with Gasteiger partial charge in [0.15, 0.2) is 0 Å². The Morgan fingerprint density at radius 3 is 2.55 bits per heavy atom. The second kappa shape index (κ2) is 7.41. The lowest BCUT2D eigenvalue weighted by Crippen LogP contribution is -2.11. The molecule has 0 fully saturated rings. The fourth-order valence-electron chi connectivity index (χ4n) is 2.05. The third-order valence-corrected chi connectivity index (χ3v) is 4.28. The van der Waals surface area contributed by atoms with Gasteiger partial charge in [-0.15, -0.1) is 11.3 Å². The van der Waals surface area contributed by atoms with E-state index in [4.69, 9.17) is 9.72 Å². The molecule has 1 aromatic carbocycles. The Balaban J connectivity index is 2.25. The summed E-state index contributed by atoms with van der Waals surface area (Å²) in [6.45, 7) is 6.23. The van der Waals surface area contributed by atoms with Gasteiger partial charge in [0.25, 0.3) is 0 Å². The fourth-order valence-corrected chi connectivity index (χ4v) is 3.13. The first kappa shape index (κ1) is 15.0. The average molecular weight is 290 g/mol. The SMILES string of the molecule is CCCc1nc(-c2ccc(OC)cc2)sc1CNCC. The van der Waals surface area contributed by atoms with Gasteiger partial charge in [-0.3, -0.25) is 0 Å². The van der Waals surface area contributed by atoms with Crippen molar-refractivity contribution in [2.75, 3.05) is 13.7 Å². The second-order valence-electron chi connectivity index (χ2n) is 4.65. The van der Waals surface area contributed by atoms with Crippen molar-refractivity contribution < 1.29 is 4.74 Å². The van der Waals surface area contributed by atoms with Gasteiger partial charge in [0.1, 0.15) is 10.8 Å². The van der Waals surface area contributed by atoms with Crippen LogP contribution in [0, 0.1) is 0 Å². The Kier molecular flexibility index (Phi) is 5.56. The maximum Gasteiger partial charge on any atom is 0.123 e. The van der Waals surface area contributed by atoms with E-state index < -0.39 is 0 Å². The molecule has 0 radical (unpaired) electrons. The van der Waals surface area contributed by atoms with Gasteiger partial charge in [-0.1, -0.05) is 20.3 Å². The zero-order valence-corrected chi connectivity index (χ0v) is 13.2. The van der Waals surface area contributed by atoms with E-state index in [2.05, 4.69) is 31.3 Å². The number of nitrogens with zero attached hydrogens (tertiary/aromatic N) is 1. The van der Waals surface area contributed by atoms with Crippen molar-refractivity contribution in [1.29, 1.82) is 0 Å². The molecule has 0 unspecified atom stereocenters. The summed E-state index contributed by atoms with van der Waals surface area (Å²) in [6, 6.07) is 8.12. The molecular formula is C16H22N2OS. The van der Waals surface area contributed by atoms with E-state index >= 15 is 0 Å². The third kappa shape index (κ3) is 3.58. The Morgan fingerprint density at radius 2 is 1.95 bits per heavy atom. The van der Waals surface area contributed by atoms with Crippen LogP contribution in [0.15, 0.2) is 24.3 Å². The van der Waals surface area contributed by atoms with Crippen molar-refractivity contribution in [3.63, 3.8) is 0 Å². The lowest BCUT2D eigenvalue weighted by Gasteiger charge is -2.00. The number of thiazole rings is 1. The van der Waals surface area contributed by atoms with Gasteiger partial charge in [0, 0.05) is 17.0 Å². The molecule has 20 heavy (non-hydrogen) atoms. The number of aromatic nitrogens is 1. The Hall–Kier alpha value is -1.39. The average Bonchev–Trinajstić information content (AvgIpc) is 2.89. The minimum atomic E-state index is 0.881. The van der Waals surface area contributed by atoms with Crippen LogP contribution >= 0.6 is 11.3 Å². The molecule has 3 nitrogen and oxygen atoms in total. The molecule has 1 heterocycles. The summed E-state index contributed by atoms with van der Waals surface area (Å²) in [5.74, 6) is 0.881. The van der Waals surface area contributed by atoms with Crippen LogP contribution in [0.25, 0.3) is 10.6 Å². The molecule has 0 bridgehead atoms. The maximum absolute atomic E-state index is 5.20. The van der Waals surface area contributed by atoms with Gasteiger partial charge >= 0.3 is 0 Å². The quantitative estimate of drug-likeness (QED) is 0.840. The number of rotatable bonds is 7. The highest BCUT2D eigenvalue weighted by Crippen LogP contribution is 2.30. The molecule has 0 amide bonds. The first-order chi connectivity index (χ1) is 9.78. The number of methoxy groups -OCH3 is 1. The Labute approximate surface area is 125 Å². The number of benzene rings is 1. The summed E-state index contributed by atoms with van der Waals surface area (Å²) >= 11 is 1.79. The van der Waals surface area contributed by atoms with Crippen molar-refractivity contribution in [3.05, 3.63) is 34.8 Å².